The average molecular weight is 500 g/mol. The molecule has 4 bridgehead atoms. The van der Waals surface area contributed by atoms with Gasteiger partial charge >= 0.3 is 0 Å². The summed E-state index contributed by atoms with van der Waals surface area (Å²) in [6, 6.07) is 14.9. The van der Waals surface area contributed by atoms with Crippen LogP contribution in [0.25, 0.3) is 0 Å². The normalized spacial score (nSPS) is 41.3. The standard InChI is InChI=1S/C32H37NO4/c1-29(27(34)21-7-5-4-6-8-21)19-30-13-14-32(29,36-3)28-31(30)15-16-33(18-20-9-10-20)24(30)17-22-11-12-23(35-2)26(37-28)25(22)31/h4-8,11-14,20,24,27-28,34H,9-10,15-19H2,1-3H3/t24?,27-,28+,29?,30?,31+,32+/m1/s1. The largest absolute Gasteiger partial charge is 0.493 e. The molecule has 2 aromatic carbocycles. The number of aliphatic hydroxyl groups is 1. The van der Waals surface area contributed by atoms with Crippen LogP contribution >= 0.6 is 0 Å². The Morgan fingerprint density at radius 1 is 1.11 bits per heavy atom. The lowest BCUT2D eigenvalue weighted by molar-refractivity contribution is -0.270. The third-order valence-corrected chi connectivity index (χ3v) is 11.4. The molecule has 2 aliphatic heterocycles. The van der Waals surface area contributed by atoms with Crippen molar-refractivity contribution in [2.75, 3.05) is 27.3 Å². The molecule has 2 aromatic rings. The number of nitrogens with zero attached hydrogens (tertiary/aromatic N) is 1. The van der Waals surface area contributed by atoms with Gasteiger partial charge in [0.05, 0.1) is 18.6 Å². The van der Waals surface area contributed by atoms with Crippen LogP contribution in [0.3, 0.4) is 0 Å². The lowest BCUT2D eigenvalue weighted by Gasteiger charge is -2.74. The summed E-state index contributed by atoms with van der Waals surface area (Å²) in [6.07, 6.45) is 9.54. The molecule has 5 aliphatic carbocycles. The van der Waals surface area contributed by atoms with Gasteiger partial charge in [0.25, 0.3) is 0 Å². The van der Waals surface area contributed by atoms with Crippen LogP contribution in [0.15, 0.2) is 54.6 Å². The van der Waals surface area contributed by atoms with Gasteiger partial charge in [0, 0.05) is 36.1 Å². The predicted octanol–water partition coefficient (Wildman–Crippen LogP) is 4.82. The number of fused-ring (bicyclic) bond motifs is 1. The first kappa shape index (κ1) is 22.6. The number of hydrogen-bond donors (Lipinski definition) is 1. The van der Waals surface area contributed by atoms with E-state index in [2.05, 4.69) is 36.1 Å². The molecular formula is C32H37NO4. The van der Waals surface area contributed by atoms with Crippen molar-refractivity contribution in [2.24, 2.45) is 16.7 Å². The van der Waals surface area contributed by atoms with Crippen molar-refractivity contribution in [2.45, 2.75) is 68.3 Å². The van der Waals surface area contributed by atoms with E-state index in [9.17, 15) is 5.11 Å². The van der Waals surface area contributed by atoms with Gasteiger partial charge in [-0.2, -0.15) is 0 Å². The molecule has 3 unspecified atom stereocenters. The summed E-state index contributed by atoms with van der Waals surface area (Å²) in [4.78, 5) is 2.80. The van der Waals surface area contributed by atoms with E-state index >= 15 is 0 Å². The van der Waals surface area contributed by atoms with Crippen molar-refractivity contribution >= 4 is 0 Å². The Kier molecular flexibility index (Phi) is 4.40. The van der Waals surface area contributed by atoms with Crippen molar-refractivity contribution < 1.29 is 19.3 Å². The fraction of sp³-hybridized carbons (Fsp3) is 0.562. The second-order valence-electron chi connectivity index (χ2n) is 12.8. The third-order valence-electron chi connectivity index (χ3n) is 11.4. The molecule has 37 heavy (non-hydrogen) atoms. The van der Waals surface area contributed by atoms with E-state index in [1.165, 1.54) is 30.5 Å². The fourth-order valence-corrected chi connectivity index (χ4v) is 9.69. The van der Waals surface area contributed by atoms with E-state index in [-0.39, 0.29) is 16.9 Å². The molecule has 3 fully saturated rings. The summed E-state index contributed by atoms with van der Waals surface area (Å²) in [5.41, 5.74) is 2.05. The minimum absolute atomic E-state index is 0.139. The van der Waals surface area contributed by atoms with Crippen molar-refractivity contribution in [1.82, 2.24) is 4.90 Å². The van der Waals surface area contributed by atoms with Crippen molar-refractivity contribution in [3.05, 3.63) is 71.3 Å². The van der Waals surface area contributed by atoms with E-state index in [0.29, 0.717) is 6.04 Å². The van der Waals surface area contributed by atoms with Gasteiger partial charge in [0.2, 0.25) is 0 Å². The van der Waals surface area contributed by atoms with Crippen LogP contribution in [-0.4, -0.2) is 55.1 Å². The van der Waals surface area contributed by atoms with Crippen molar-refractivity contribution in [1.29, 1.82) is 0 Å². The highest BCUT2D eigenvalue weighted by atomic mass is 16.6. The second-order valence-corrected chi connectivity index (χ2v) is 12.8. The molecule has 9 rings (SSSR count). The zero-order chi connectivity index (χ0) is 25.2. The Labute approximate surface area is 219 Å². The Morgan fingerprint density at radius 3 is 2.65 bits per heavy atom. The number of aliphatic hydroxyl groups excluding tert-OH is 1. The Morgan fingerprint density at radius 2 is 1.92 bits per heavy atom. The van der Waals surface area contributed by atoms with Gasteiger partial charge < -0.3 is 19.3 Å². The molecule has 1 saturated heterocycles. The highest BCUT2D eigenvalue weighted by molar-refractivity contribution is 5.66. The first-order valence-electron chi connectivity index (χ1n) is 14.0. The van der Waals surface area contributed by atoms with Gasteiger partial charge in [0.15, 0.2) is 11.5 Å². The van der Waals surface area contributed by atoms with Crippen LogP contribution in [0.4, 0.5) is 0 Å². The molecule has 7 aliphatic rings. The Bertz CT molecular complexity index is 1310. The number of rotatable bonds is 6. The topological polar surface area (TPSA) is 51.2 Å². The van der Waals surface area contributed by atoms with Gasteiger partial charge in [-0.3, -0.25) is 4.90 Å². The zero-order valence-corrected chi connectivity index (χ0v) is 22.1. The summed E-state index contributed by atoms with van der Waals surface area (Å²) in [5, 5.41) is 12.2. The molecule has 2 heterocycles. The number of ether oxygens (including phenoxy) is 3. The maximum atomic E-state index is 12.2. The van der Waals surface area contributed by atoms with E-state index in [0.717, 1.165) is 48.8 Å². The zero-order valence-electron chi connectivity index (χ0n) is 22.1. The maximum absolute atomic E-state index is 12.2. The summed E-state index contributed by atoms with van der Waals surface area (Å²) in [6.45, 7) is 4.52. The lowest BCUT2D eigenvalue weighted by Crippen LogP contribution is -2.81. The second kappa shape index (κ2) is 7.19. The van der Waals surface area contributed by atoms with Crippen LogP contribution in [0.2, 0.25) is 0 Å². The van der Waals surface area contributed by atoms with Gasteiger partial charge in [-0.25, -0.2) is 0 Å². The minimum atomic E-state index is -0.772. The summed E-state index contributed by atoms with van der Waals surface area (Å²) in [5.74, 6) is 2.56. The highest BCUT2D eigenvalue weighted by Crippen LogP contribution is 2.78. The van der Waals surface area contributed by atoms with E-state index in [1.54, 1.807) is 7.11 Å². The van der Waals surface area contributed by atoms with Crippen molar-refractivity contribution in [3.63, 3.8) is 0 Å². The molecule has 0 amide bonds. The molecule has 7 atom stereocenters. The SMILES string of the molecule is COc1ccc2c3c1O[C@@H]1[C@@]4(OC)C=CC5(CC4(C)[C@H](O)c4ccccc4)C(C2)N(CC2CC2)CC[C@]315. The number of benzene rings is 2. The molecule has 5 nitrogen and oxygen atoms in total. The summed E-state index contributed by atoms with van der Waals surface area (Å²) < 4.78 is 19.6. The van der Waals surface area contributed by atoms with E-state index < -0.39 is 17.1 Å². The number of methoxy groups -OCH3 is 2. The summed E-state index contributed by atoms with van der Waals surface area (Å²) >= 11 is 0. The molecule has 5 heteroatoms. The fourth-order valence-electron chi connectivity index (χ4n) is 9.69. The monoisotopic (exact) mass is 499 g/mol. The molecular weight excluding hydrogens is 462 g/mol. The minimum Gasteiger partial charge on any atom is -0.493 e. The lowest BCUT2D eigenvalue weighted by atomic mass is 9.33. The molecule has 2 saturated carbocycles. The van der Waals surface area contributed by atoms with E-state index in [1.807, 2.05) is 37.4 Å². The van der Waals surface area contributed by atoms with Crippen LogP contribution in [0.1, 0.15) is 55.4 Å². The van der Waals surface area contributed by atoms with Gasteiger partial charge in [-0.15, -0.1) is 0 Å². The van der Waals surface area contributed by atoms with Crippen LogP contribution in [0.5, 0.6) is 11.5 Å². The number of likely N-dealkylation sites (tertiary alicyclic amines) is 1. The first-order chi connectivity index (χ1) is 17.9. The first-order valence-corrected chi connectivity index (χ1v) is 14.0. The molecule has 194 valence electrons. The number of piperidine rings is 1. The quantitative estimate of drug-likeness (QED) is 0.578. The Balaban J connectivity index is 1.38. The molecule has 1 N–H and O–H groups in total. The molecule has 2 spiro atoms. The van der Waals surface area contributed by atoms with Gasteiger partial charge in [-0.1, -0.05) is 55.5 Å². The average Bonchev–Trinajstić information content (AvgIpc) is 3.67. The third kappa shape index (κ3) is 2.44. The highest BCUT2D eigenvalue weighted by Gasteiger charge is 2.82. The predicted molar refractivity (Wildman–Crippen MR) is 141 cm³/mol. The smallest absolute Gasteiger partial charge is 0.166 e. The molecule has 0 aromatic heterocycles. The maximum Gasteiger partial charge on any atom is 0.166 e. The molecule has 0 radical (unpaired) electrons. The number of hydrogen-bond acceptors (Lipinski definition) is 5. The Hall–Kier alpha value is -2.34. The van der Waals surface area contributed by atoms with Crippen molar-refractivity contribution in [3.8, 4) is 11.5 Å². The van der Waals surface area contributed by atoms with Crippen LogP contribution in [-0.2, 0) is 16.6 Å². The van der Waals surface area contributed by atoms with Crippen LogP contribution < -0.4 is 9.47 Å². The van der Waals surface area contributed by atoms with E-state index in [4.69, 9.17) is 14.2 Å². The van der Waals surface area contributed by atoms with Gasteiger partial charge in [0.1, 0.15) is 11.7 Å². The van der Waals surface area contributed by atoms with Crippen LogP contribution in [0, 0.1) is 16.7 Å². The summed E-state index contributed by atoms with van der Waals surface area (Å²) in [7, 11) is 3.55. The van der Waals surface area contributed by atoms with Gasteiger partial charge in [-0.05, 0) is 61.8 Å².